The van der Waals surface area contributed by atoms with Crippen molar-refractivity contribution < 1.29 is 0 Å². The summed E-state index contributed by atoms with van der Waals surface area (Å²) in [7, 11) is 1.86. The van der Waals surface area contributed by atoms with Crippen LogP contribution < -0.4 is 11.3 Å². The zero-order valence-corrected chi connectivity index (χ0v) is 10.2. The Labute approximate surface area is 99.9 Å². The van der Waals surface area contributed by atoms with Gasteiger partial charge in [0, 0.05) is 24.5 Å². The zero-order chi connectivity index (χ0) is 12.4. The van der Waals surface area contributed by atoms with Gasteiger partial charge in [0.2, 0.25) is 0 Å². The van der Waals surface area contributed by atoms with Crippen LogP contribution in [0.5, 0.6) is 0 Å². The van der Waals surface area contributed by atoms with Crippen molar-refractivity contribution in [3.8, 4) is 11.5 Å². The predicted octanol–water partition coefficient (Wildman–Crippen LogP) is 1.03. The summed E-state index contributed by atoms with van der Waals surface area (Å²) in [6, 6.07) is 1.88. The van der Waals surface area contributed by atoms with Gasteiger partial charge in [0.25, 0.3) is 0 Å². The number of hydrogen-bond donors (Lipinski definition) is 2. The average Bonchev–Trinajstić information content (AvgIpc) is 2.76. The van der Waals surface area contributed by atoms with Crippen LogP contribution in [-0.4, -0.2) is 19.7 Å². The van der Waals surface area contributed by atoms with Crippen molar-refractivity contribution in [1.29, 1.82) is 0 Å². The smallest absolute Gasteiger partial charge is 0.180 e. The van der Waals surface area contributed by atoms with E-state index in [1.165, 1.54) is 0 Å². The van der Waals surface area contributed by atoms with E-state index in [1.54, 1.807) is 10.9 Å². The summed E-state index contributed by atoms with van der Waals surface area (Å²) in [5, 5.41) is 4.11. The molecule has 6 heteroatoms. The second-order valence-corrected chi connectivity index (χ2v) is 3.81. The predicted molar refractivity (Wildman–Crippen MR) is 66.2 cm³/mol. The van der Waals surface area contributed by atoms with Gasteiger partial charge in [-0.2, -0.15) is 5.10 Å². The molecule has 0 bridgehead atoms. The number of hydrogen-bond acceptors (Lipinski definition) is 5. The Balaban J connectivity index is 2.60. The van der Waals surface area contributed by atoms with Crippen molar-refractivity contribution in [2.75, 3.05) is 5.43 Å². The van der Waals surface area contributed by atoms with E-state index in [4.69, 9.17) is 5.84 Å². The van der Waals surface area contributed by atoms with Gasteiger partial charge in [-0.25, -0.2) is 15.8 Å². The highest BCUT2D eigenvalue weighted by Crippen LogP contribution is 2.21. The SMILES string of the molecule is CCc1nc(-c2ccnn2C)nc(NN)c1C. The van der Waals surface area contributed by atoms with Gasteiger partial charge in [-0.3, -0.25) is 4.68 Å². The molecule has 6 nitrogen and oxygen atoms in total. The molecule has 0 radical (unpaired) electrons. The minimum absolute atomic E-state index is 0.639. The first-order chi connectivity index (χ1) is 8.17. The number of rotatable bonds is 3. The Hall–Kier alpha value is -1.95. The average molecular weight is 232 g/mol. The lowest BCUT2D eigenvalue weighted by Crippen LogP contribution is -2.13. The largest absolute Gasteiger partial charge is 0.308 e. The molecule has 0 aliphatic carbocycles. The van der Waals surface area contributed by atoms with Crippen LogP contribution in [0.25, 0.3) is 11.5 Å². The van der Waals surface area contributed by atoms with Gasteiger partial charge in [-0.1, -0.05) is 6.92 Å². The lowest BCUT2D eigenvalue weighted by Gasteiger charge is -2.10. The lowest BCUT2D eigenvalue weighted by atomic mass is 10.2. The number of nitrogens with one attached hydrogen (secondary N) is 1. The van der Waals surface area contributed by atoms with Crippen molar-refractivity contribution in [1.82, 2.24) is 19.7 Å². The fourth-order valence-corrected chi connectivity index (χ4v) is 1.76. The van der Waals surface area contributed by atoms with Crippen LogP contribution in [0.1, 0.15) is 18.2 Å². The van der Waals surface area contributed by atoms with Crippen molar-refractivity contribution in [2.24, 2.45) is 12.9 Å². The van der Waals surface area contributed by atoms with Gasteiger partial charge in [-0.05, 0) is 19.4 Å². The first kappa shape index (κ1) is 11.5. The van der Waals surface area contributed by atoms with Gasteiger partial charge in [0.05, 0.1) is 0 Å². The molecular formula is C11H16N6. The second-order valence-electron chi connectivity index (χ2n) is 3.81. The quantitative estimate of drug-likeness (QED) is 0.610. The zero-order valence-electron chi connectivity index (χ0n) is 10.2. The van der Waals surface area contributed by atoms with Crippen molar-refractivity contribution in [2.45, 2.75) is 20.3 Å². The minimum Gasteiger partial charge on any atom is -0.308 e. The van der Waals surface area contributed by atoms with Gasteiger partial charge in [-0.15, -0.1) is 0 Å². The topological polar surface area (TPSA) is 81.7 Å². The summed E-state index contributed by atoms with van der Waals surface area (Å²) in [6.45, 7) is 4.02. The first-order valence-corrected chi connectivity index (χ1v) is 5.49. The van der Waals surface area contributed by atoms with E-state index >= 15 is 0 Å². The van der Waals surface area contributed by atoms with Gasteiger partial charge < -0.3 is 5.43 Å². The number of aromatic nitrogens is 4. The molecule has 2 aromatic rings. The summed E-state index contributed by atoms with van der Waals surface area (Å²) in [5.41, 5.74) is 5.46. The number of aryl methyl sites for hydroxylation is 2. The maximum atomic E-state index is 5.47. The Kier molecular flexibility index (Phi) is 3.06. The van der Waals surface area contributed by atoms with Gasteiger partial charge in [0.1, 0.15) is 11.5 Å². The van der Waals surface area contributed by atoms with E-state index < -0.39 is 0 Å². The lowest BCUT2D eigenvalue weighted by molar-refractivity contribution is 0.768. The highest BCUT2D eigenvalue weighted by molar-refractivity contribution is 5.56. The first-order valence-electron chi connectivity index (χ1n) is 5.49. The number of nitrogen functional groups attached to an aromatic ring is 1. The van der Waals surface area contributed by atoms with E-state index in [2.05, 4.69) is 27.4 Å². The summed E-state index contributed by atoms with van der Waals surface area (Å²) in [6.07, 6.45) is 2.56. The van der Waals surface area contributed by atoms with Crippen molar-refractivity contribution in [3.05, 3.63) is 23.5 Å². The fourth-order valence-electron chi connectivity index (χ4n) is 1.76. The number of nitrogens with zero attached hydrogens (tertiary/aromatic N) is 4. The summed E-state index contributed by atoms with van der Waals surface area (Å²) in [4.78, 5) is 8.93. The molecule has 0 amide bonds. The second kappa shape index (κ2) is 4.50. The van der Waals surface area contributed by atoms with Gasteiger partial charge in [0.15, 0.2) is 5.82 Å². The standard InChI is InChI=1S/C11H16N6/c1-4-8-7(2)10(16-12)15-11(14-8)9-5-6-13-17(9)3/h5-6H,4,12H2,1-3H3,(H,14,15,16). The molecule has 0 aliphatic heterocycles. The van der Waals surface area contributed by atoms with Gasteiger partial charge >= 0.3 is 0 Å². The van der Waals surface area contributed by atoms with Crippen LogP contribution in [0.4, 0.5) is 5.82 Å². The third-order valence-corrected chi connectivity index (χ3v) is 2.77. The highest BCUT2D eigenvalue weighted by atomic mass is 15.3. The van der Waals surface area contributed by atoms with Crippen LogP contribution >= 0.6 is 0 Å². The molecule has 2 rings (SSSR count). The van der Waals surface area contributed by atoms with E-state index in [9.17, 15) is 0 Å². The Bertz CT molecular complexity index is 506. The normalized spacial score (nSPS) is 10.6. The Morgan fingerprint density at radius 1 is 1.41 bits per heavy atom. The minimum atomic E-state index is 0.639. The maximum Gasteiger partial charge on any atom is 0.180 e. The molecule has 0 spiro atoms. The third-order valence-electron chi connectivity index (χ3n) is 2.77. The molecule has 3 N–H and O–H groups in total. The van der Waals surface area contributed by atoms with E-state index in [1.807, 2.05) is 20.0 Å². The molecule has 0 saturated carbocycles. The molecule has 0 aliphatic rings. The van der Waals surface area contributed by atoms with Crippen molar-refractivity contribution in [3.63, 3.8) is 0 Å². The Morgan fingerprint density at radius 2 is 2.18 bits per heavy atom. The molecule has 90 valence electrons. The molecule has 0 fully saturated rings. The summed E-state index contributed by atoms with van der Waals surface area (Å²) in [5.74, 6) is 6.77. The summed E-state index contributed by atoms with van der Waals surface area (Å²) < 4.78 is 1.74. The van der Waals surface area contributed by atoms with Crippen LogP contribution in [0.15, 0.2) is 12.3 Å². The Morgan fingerprint density at radius 3 is 2.71 bits per heavy atom. The maximum absolute atomic E-state index is 5.47. The summed E-state index contributed by atoms with van der Waals surface area (Å²) >= 11 is 0. The molecule has 0 atom stereocenters. The van der Waals surface area contributed by atoms with Crippen LogP contribution in [0, 0.1) is 6.92 Å². The molecule has 2 aromatic heterocycles. The van der Waals surface area contributed by atoms with Crippen LogP contribution in [0.2, 0.25) is 0 Å². The molecule has 0 saturated heterocycles. The monoisotopic (exact) mass is 232 g/mol. The van der Waals surface area contributed by atoms with E-state index in [0.29, 0.717) is 11.6 Å². The number of hydrazine groups is 1. The van der Waals surface area contributed by atoms with E-state index in [-0.39, 0.29) is 0 Å². The third kappa shape index (κ3) is 1.99. The molecule has 0 aromatic carbocycles. The van der Waals surface area contributed by atoms with Crippen LogP contribution in [-0.2, 0) is 13.5 Å². The number of anilines is 1. The van der Waals surface area contributed by atoms with Crippen molar-refractivity contribution >= 4 is 5.82 Å². The molecule has 17 heavy (non-hydrogen) atoms. The molecule has 2 heterocycles. The van der Waals surface area contributed by atoms with E-state index in [0.717, 1.165) is 23.4 Å². The fraction of sp³-hybridized carbons (Fsp3) is 0.364. The highest BCUT2D eigenvalue weighted by Gasteiger charge is 2.12. The molecule has 0 unspecified atom stereocenters. The number of nitrogens with two attached hydrogens (primary N) is 1. The molecular weight excluding hydrogens is 216 g/mol. The van der Waals surface area contributed by atoms with Crippen LogP contribution in [0.3, 0.4) is 0 Å².